The molecule has 0 saturated heterocycles. The van der Waals surface area contributed by atoms with E-state index in [1.165, 1.54) is 0 Å². The molecule has 1 amide bonds. The Morgan fingerprint density at radius 3 is 2.41 bits per heavy atom. The van der Waals surface area contributed by atoms with Gasteiger partial charge in [0.25, 0.3) is 0 Å². The van der Waals surface area contributed by atoms with E-state index in [-0.39, 0.29) is 0 Å². The Hall–Kier alpha value is -0.910. The van der Waals surface area contributed by atoms with Crippen molar-refractivity contribution in [2.45, 2.75) is 45.3 Å². The van der Waals surface area contributed by atoms with Crippen LogP contribution in [0.5, 0.6) is 0 Å². The van der Waals surface area contributed by atoms with Crippen LogP contribution in [-0.2, 0) is 9.53 Å². The van der Waals surface area contributed by atoms with E-state index in [2.05, 4.69) is 5.32 Å². The third-order valence-corrected chi connectivity index (χ3v) is 2.53. The fourth-order valence-corrected chi connectivity index (χ4v) is 1.59. The molecular weight excluding hydrogens is 242 g/mol. The van der Waals surface area contributed by atoms with Crippen LogP contribution in [0.15, 0.2) is 0 Å². The molecule has 0 bridgehead atoms. The summed E-state index contributed by atoms with van der Waals surface area (Å²) in [4.78, 5) is 22.3. The number of aliphatic carboxylic acids is 1. The smallest absolute Gasteiger partial charge is 0.408 e. The average Bonchev–Trinajstić information content (AvgIpc) is 2.13. The second-order valence-corrected chi connectivity index (χ2v) is 5.66. The van der Waals surface area contributed by atoms with Crippen molar-refractivity contribution in [3.05, 3.63) is 0 Å². The van der Waals surface area contributed by atoms with E-state index in [0.29, 0.717) is 6.42 Å². The zero-order valence-electron chi connectivity index (χ0n) is 10.8. The number of alkyl carbamates (subject to hydrolysis) is 1. The molecule has 0 heterocycles. The lowest BCUT2D eigenvalue weighted by Crippen LogP contribution is -2.43. The van der Waals surface area contributed by atoms with Crippen molar-refractivity contribution in [1.82, 2.24) is 5.32 Å². The Labute approximate surface area is 106 Å². The first-order chi connectivity index (χ1) is 7.76. The van der Waals surface area contributed by atoms with E-state index in [4.69, 9.17) is 9.84 Å². The molecule has 0 aliphatic rings. The maximum atomic E-state index is 11.4. The summed E-state index contributed by atoms with van der Waals surface area (Å²) in [6, 6.07) is -0.878. The number of ether oxygens (including phenoxy) is 1. The predicted molar refractivity (Wildman–Crippen MR) is 68.4 cm³/mol. The summed E-state index contributed by atoms with van der Waals surface area (Å²) in [7, 11) is 0. The van der Waals surface area contributed by atoms with Gasteiger partial charge in [-0.1, -0.05) is 0 Å². The highest BCUT2D eigenvalue weighted by molar-refractivity contribution is 7.98. The number of rotatable bonds is 6. The number of carboxylic acids is 1. The maximum absolute atomic E-state index is 11.4. The van der Waals surface area contributed by atoms with Crippen LogP contribution in [0.3, 0.4) is 0 Å². The highest BCUT2D eigenvalue weighted by Gasteiger charge is 2.23. The lowest BCUT2D eigenvalue weighted by molar-refractivity contribution is -0.139. The molecule has 0 saturated carbocycles. The molecular formula is C11H21NO4S. The van der Waals surface area contributed by atoms with Crippen LogP contribution in [0.1, 0.15) is 33.6 Å². The number of carbonyl (C=O) groups is 2. The van der Waals surface area contributed by atoms with Crippen molar-refractivity contribution in [3.8, 4) is 0 Å². The second kappa shape index (κ2) is 7.42. The molecule has 2 N–H and O–H groups in total. The molecule has 1 atom stereocenters. The van der Waals surface area contributed by atoms with Gasteiger partial charge in [-0.15, -0.1) is 0 Å². The summed E-state index contributed by atoms with van der Waals surface area (Å²) in [5, 5.41) is 11.3. The molecule has 17 heavy (non-hydrogen) atoms. The normalized spacial score (nSPS) is 12.9. The van der Waals surface area contributed by atoms with Crippen LogP contribution in [0.2, 0.25) is 0 Å². The average molecular weight is 263 g/mol. The van der Waals surface area contributed by atoms with Crippen molar-refractivity contribution in [2.24, 2.45) is 0 Å². The van der Waals surface area contributed by atoms with Gasteiger partial charge < -0.3 is 15.2 Å². The first-order valence-electron chi connectivity index (χ1n) is 5.47. The highest BCUT2D eigenvalue weighted by atomic mass is 32.2. The fourth-order valence-electron chi connectivity index (χ4n) is 1.14. The van der Waals surface area contributed by atoms with E-state index in [0.717, 1.165) is 12.2 Å². The van der Waals surface area contributed by atoms with Gasteiger partial charge in [-0.05, 0) is 45.6 Å². The van der Waals surface area contributed by atoms with Gasteiger partial charge in [0.1, 0.15) is 11.6 Å². The Morgan fingerprint density at radius 2 is 2.00 bits per heavy atom. The van der Waals surface area contributed by atoms with Gasteiger partial charge in [-0.2, -0.15) is 11.8 Å². The Kier molecular flexibility index (Phi) is 7.03. The third-order valence-electron chi connectivity index (χ3n) is 1.83. The van der Waals surface area contributed by atoms with Gasteiger partial charge in [0.15, 0.2) is 0 Å². The predicted octanol–water partition coefficient (Wildman–Crippen LogP) is 2.11. The van der Waals surface area contributed by atoms with Gasteiger partial charge in [0.05, 0.1) is 0 Å². The second-order valence-electron chi connectivity index (χ2n) is 4.67. The van der Waals surface area contributed by atoms with Gasteiger partial charge in [-0.25, -0.2) is 9.59 Å². The van der Waals surface area contributed by atoms with Crippen molar-refractivity contribution >= 4 is 23.8 Å². The zero-order valence-corrected chi connectivity index (χ0v) is 11.6. The minimum absolute atomic E-state index is 0.412. The van der Waals surface area contributed by atoms with Crippen LogP contribution < -0.4 is 5.32 Å². The van der Waals surface area contributed by atoms with E-state index in [1.54, 1.807) is 32.5 Å². The third kappa shape index (κ3) is 8.85. The molecule has 6 heteroatoms. The first-order valence-corrected chi connectivity index (χ1v) is 6.87. The van der Waals surface area contributed by atoms with Crippen molar-refractivity contribution in [3.63, 3.8) is 0 Å². The molecule has 0 radical (unpaired) electrons. The molecule has 0 unspecified atom stereocenters. The lowest BCUT2D eigenvalue weighted by atomic mass is 10.2. The van der Waals surface area contributed by atoms with Crippen molar-refractivity contribution < 1.29 is 19.4 Å². The monoisotopic (exact) mass is 263 g/mol. The number of carbonyl (C=O) groups excluding carboxylic acids is 1. The van der Waals surface area contributed by atoms with Crippen LogP contribution in [0.4, 0.5) is 4.79 Å². The van der Waals surface area contributed by atoms with Gasteiger partial charge >= 0.3 is 12.1 Å². The minimum atomic E-state index is -1.03. The van der Waals surface area contributed by atoms with Crippen molar-refractivity contribution in [1.29, 1.82) is 0 Å². The quantitative estimate of drug-likeness (QED) is 0.718. The molecule has 0 rings (SSSR count). The zero-order chi connectivity index (χ0) is 13.5. The van der Waals surface area contributed by atoms with Gasteiger partial charge in [-0.3, -0.25) is 0 Å². The molecule has 0 aliphatic carbocycles. The Balaban J connectivity index is 4.16. The summed E-state index contributed by atoms with van der Waals surface area (Å²) >= 11 is 1.65. The maximum Gasteiger partial charge on any atom is 0.408 e. The van der Waals surface area contributed by atoms with E-state index < -0.39 is 23.7 Å². The summed E-state index contributed by atoms with van der Waals surface area (Å²) in [5.74, 6) is -0.156. The molecule has 0 fully saturated rings. The van der Waals surface area contributed by atoms with E-state index in [1.807, 2.05) is 6.26 Å². The van der Waals surface area contributed by atoms with Crippen LogP contribution in [0.25, 0.3) is 0 Å². The SMILES string of the molecule is CSCCC[C@H](NC(=O)OC(C)(C)C)C(=O)O. The Morgan fingerprint density at radius 1 is 1.41 bits per heavy atom. The highest BCUT2D eigenvalue weighted by Crippen LogP contribution is 2.08. The van der Waals surface area contributed by atoms with Crippen molar-refractivity contribution in [2.75, 3.05) is 12.0 Å². The molecule has 0 spiro atoms. The Bertz CT molecular complexity index is 263. The summed E-state index contributed by atoms with van der Waals surface area (Å²) < 4.78 is 5.01. The fraction of sp³-hybridized carbons (Fsp3) is 0.818. The van der Waals surface area contributed by atoms with Crippen LogP contribution in [0, 0.1) is 0 Å². The molecule has 0 aromatic rings. The molecule has 0 aromatic carbocycles. The molecule has 5 nitrogen and oxygen atoms in total. The first kappa shape index (κ1) is 16.1. The number of hydrogen-bond donors (Lipinski definition) is 2. The summed E-state index contributed by atoms with van der Waals surface area (Å²) in [6.07, 6.45) is 2.43. The number of amides is 1. The summed E-state index contributed by atoms with van der Waals surface area (Å²) in [6.45, 7) is 5.20. The number of carboxylic acid groups (broad SMARTS) is 1. The topological polar surface area (TPSA) is 75.6 Å². The number of thioether (sulfide) groups is 1. The number of hydrogen-bond acceptors (Lipinski definition) is 4. The van der Waals surface area contributed by atoms with Gasteiger partial charge in [0, 0.05) is 0 Å². The minimum Gasteiger partial charge on any atom is -0.480 e. The van der Waals surface area contributed by atoms with E-state index >= 15 is 0 Å². The molecule has 0 aliphatic heterocycles. The van der Waals surface area contributed by atoms with Gasteiger partial charge in [0.2, 0.25) is 0 Å². The van der Waals surface area contributed by atoms with Crippen LogP contribution >= 0.6 is 11.8 Å². The largest absolute Gasteiger partial charge is 0.480 e. The molecule has 0 aromatic heterocycles. The molecule has 100 valence electrons. The lowest BCUT2D eigenvalue weighted by Gasteiger charge is -2.21. The van der Waals surface area contributed by atoms with E-state index in [9.17, 15) is 9.59 Å². The van der Waals surface area contributed by atoms with Crippen LogP contribution in [-0.4, -0.2) is 40.8 Å². The summed E-state index contributed by atoms with van der Waals surface area (Å²) in [5.41, 5.74) is -0.619. The standard InChI is InChI=1S/C11H21NO4S/c1-11(2,3)16-10(15)12-8(9(13)14)6-5-7-17-4/h8H,5-7H2,1-4H3,(H,12,15)(H,13,14)/t8-/m0/s1. The number of nitrogens with one attached hydrogen (secondary N) is 1.